The molecule has 0 bridgehead atoms. The minimum absolute atomic E-state index is 0.0108. The van der Waals surface area contributed by atoms with E-state index in [1.165, 1.54) is 0 Å². The maximum atomic E-state index is 14.5. The Bertz CT molecular complexity index is 1400. The molecule has 6 rings (SSSR count). The number of nitriles is 1. The van der Waals surface area contributed by atoms with Crippen molar-refractivity contribution in [2.24, 2.45) is 50.7 Å². The third kappa shape index (κ3) is 3.43. The number of allylic oxidation sites excluding steroid dienone is 4. The number of Topliss-reactive ketones (excluding diaryl/α,β-unsaturated/α-hetero) is 1. The summed E-state index contributed by atoms with van der Waals surface area (Å²) >= 11 is 0. The van der Waals surface area contributed by atoms with Gasteiger partial charge < -0.3 is 4.52 Å². The van der Waals surface area contributed by atoms with E-state index in [1.54, 1.807) is 0 Å². The van der Waals surface area contributed by atoms with Crippen molar-refractivity contribution in [3.63, 3.8) is 0 Å². The Morgan fingerprint density at radius 3 is 2.42 bits per heavy atom. The van der Waals surface area contributed by atoms with Crippen LogP contribution in [0, 0.1) is 62.1 Å². The van der Waals surface area contributed by atoms with Gasteiger partial charge in [0.25, 0.3) is 0 Å². The molecule has 1 heterocycles. The van der Waals surface area contributed by atoms with Gasteiger partial charge in [0.05, 0.1) is 5.57 Å². The lowest BCUT2D eigenvalue weighted by molar-refractivity contribution is -0.157. The molecule has 1 aromatic heterocycles. The van der Waals surface area contributed by atoms with Gasteiger partial charge in [-0.3, -0.25) is 9.59 Å². The zero-order valence-electron chi connectivity index (χ0n) is 24.9. The number of aromatic nitrogens is 2. The van der Waals surface area contributed by atoms with Gasteiger partial charge in [0, 0.05) is 22.7 Å². The van der Waals surface area contributed by atoms with Gasteiger partial charge in [0.15, 0.2) is 18.2 Å². The Balaban J connectivity index is 1.47. The number of carbonyl (C=O) groups is 2. The highest BCUT2D eigenvalue weighted by Crippen LogP contribution is 2.73. The quantitative estimate of drug-likeness (QED) is 0.392. The van der Waals surface area contributed by atoms with E-state index in [4.69, 9.17) is 4.52 Å². The van der Waals surface area contributed by atoms with Crippen LogP contribution >= 0.6 is 0 Å². The molecule has 0 aromatic carbocycles. The monoisotopic (exact) mass is 547 g/mol. The summed E-state index contributed by atoms with van der Waals surface area (Å²) in [5, 5.41) is 13.8. The average Bonchev–Trinajstić information content (AvgIpc) is 3.36. The highest BCUT2D eigenvalue weighted by molar-refractivity contribution is 6.04. The second kappa shape index (κ2) is 8.46. The second-order valence-electron chi connectivity index (χ2n) is 15.5. The third-order valence-electron chi connectivity index (χ3n) is 12.6. The first-order valence-electron chi connectivity index (χ1n) is 15.0. The largest absolute Gasteiger partial charge is 0.339 e. The Kier molecular flexibility index (Phi) is 5.82. The van der Waals surface area contributed by atoms with Crippen molar-refractivity contribution in [1.29, 1.82) is 5.26 Å². The molecule has 1 aromatic rings. The fourth-order valence-corrected chi connectivity index (χ4v) is 10.7. The second-order valence-corrected chi connectivity index (χ2v) is 15.5. The van der Waals surface area contributed by atoms with Crippen LogP contribution in [0.4, 0.5) is 4.39 Å². The van der Waals surface area contributed by atoms with Crippen molar-refractivity contribution >= 4 is 11.6 Å². The molecule has 6 nitrogen and oxygen atoms in total. The first-order valence-corrected chi connectivity index (χ1v) is 15.0. The molecule has 3 fully saturated rings. The third-order valence-corrected chi connectivity index (χ3v) is 12.6. The van der Waals surface area contributed by atoms with E-state index in [9.17, 15) is 19.2 Å². The first kappa shape index (κ1) is 27.5. The number of hydrogen-bond acceptors (Lipinski definition) is 6. The van der Waals surface area contributed by atoms with Gasteiger partial charge in [-0.1, -0.05) is 65.3 Å². The molecular formula is C33H42FN3O3. The van der Waals surface area contributed by atoms with Crippen molar-refractivity contribution < 1.29 is 18.5 Å². The molecule has 0 amide bonds. The molecule has 0 radical (unpaired) electrons. The maximum absolute atomic E-state index is 14.5. The molecule has 5 aliphatic rings. The molecule has 0 saturated heterocycles. The van der Waals surface area contributed by atoms with E-state index < -0.39 is 17.5 Å². The summed E-state index contributed by atoms with van der Waals surface area (Å²) in [6, 6.07) is 2.18. The normalized spacial score (nSPS) is 43.3. The lowest BCUT2D eigenvalue weighted by Crippen LogP contribution is -2.63. The van der Waals surface area contributed by atoms with Gasteiger partial charge in [-0.2, -0.15) is 10.2 Å². The van der Waals surface area contributed by atoms with Crippen molar-refractivity contribution in [1.82, 2.24) is 10.1 Å². The Morgan fingerprint density at radius 1 is 1.05 bits per heavy atom. The number of halogens is 1. The topological polar surface area (TPSA) is 96.8 Å². The van der Waals surface area contributed by atoms with Crippen LogP contribution in [0.2, 0.25) is 0 Å². The molecule has 7 heteroatoms. The average molecular weight is 548 g/mol. The molecule has 5 aliphatic carbocycles. The number of rotatable bonds is 2. The molecule has 0 aliphatic heterocycles. The van der Waals surface area contributed by atoms with Crippen molar-refractivity contribution in [2.45, 2.75) is 99.6 Å². The van der Waals surface area contributed by atoms with E-state index >= 15 is 0 Å². The molecule has 40 heavy (non-hydrogen) atoms. The predicted octanol–water partition coefficient (Wildman–Crippen LogP) is 7.08. The molecular weight excluding hydrogens is 505 g/mol. The first-order chi connectivity index (χ1) is 18.6. The van der Waals surface area contributed by atoms with E-state index in [1.807, 2.05) is 26.0 Å². The lowest BCUT2D eigenvalue weighted by atomic mass is 9.35. The van der Waals surface area contributed by atoms with Crippen molar-refractivity contribution in [2.75, 3.05) is 0 Å². The highest BCUT2D eigenvalue weighted by Gasteiger charge is 2.68. The van der Waals surface area contributed by atoms with E-state index in [2.05, 4.69) is 50.8 Å². The summed E-state index contributed by atoms with van der Waals surface area (Å²) in [4.78, 5) is 32.1. The highest BCUT2D eigenvalue weighted by atomic mass is 19.1. The van der Waals surface area contributed by atoms with Gasteiger partial charge in [0.2, 0.25) is 11.7 Å². The summed E-state index contributed by atoms with van der Waals surface area (Å²) in [6.07, 6.45) is 9.30. The van der Waals surface area contributed by atoms with Gasteiger partial charge in [-0.05, 0) is 78.6 Å². The SMILES string of the molecule is CC1(C)C[C@@H]2C(CC[C@]3(C)[C@@H]2C(=O)C=C2[C@@]4(C)C=C(C#N)C(=O)C(C)(C)[C@@H]4CC[C@]23C)[C@H](c2nc(CF)no2)C1. The minimum atomic E-state index is -0.747. The van der Waals surface area contributed by atoms with Crippen LogP contribution in [0.3, 0.4) is 0 Å². The van der Waals surface area contributed by atoms with Crippen molar-refractivity contribution in [3.8, 4) is 6.07 Å². The Hall–Kier alpha value is -2.62. The fraction of sp³-hybridized carbons (Fsp3) is 0.727. The number of hydrogen-bond donors (Lipinski definition) is 0. The number of nitrogens with zero attached hydrogens (tertiary/aromatic N) is 3. The van der Waals surface area contributed by atoms with Crippen LogP contribution in [-0.2, 0) is 16.3 Å². The van der Waals surface area contributed by atoms with Crippen LogP contribution in [0.1, 0.15) is 105 Å². The van der Waals surface area contributed by atoms with Gasteiger partial charge in [0.1, 0.15) is 6.07 Å². The van der Waals surface area contributed by atoms with Crippen LogP contribution in [0.15, 0.2) is 27.8 Å². The molecule has 214 valence electrons. The number of ketones is 2. The molecule has 8 atom stereocenters. The van der Waals surface area contributed by atoms with Crippen LogP contribution in [-0.4, -0.2) is 21.7 Å². The minimum Gasteiger partial charge on any atom is -0.339 e. The Labute approximate surface area is 236 Å². The number of alkyl halides is 1. The van der Waals surface area contributed by atoms with E-state index in [0.29, 0.717) is 5.89 Å². The van der Waals surface area contributed by atoms with Gasteiger partial charge in [-0.15, -0.1) is 0 Å². The predicted molar refractivity (Wildman–Crippen MR) is 147 cm³/mol. The van der Waals surface area contributed by atoms with E-state index in [-0.39, 0.29) is 68.8 Å². The summed E-state index contributed by atoms with van der Waals surface area (Å²) in [6.45, 7) is 14.6. The summed E-state index contributed by atoms with van der Waals surface area (Å²) in [5.41, 5.74) is -0.384. The number of carbonyl (C=O) groups excluding carboxylic acids is 2. The van der Waals surface area contributed by atoms with E-state index in [0.717, 1.165) is 44.1 Å². The lowest BCUT2D eigenvalue weighted by Gasteiger charge is -2.68. The van der Waals surface area contributed by atoms with Crippen molar-refractivity contribution in [3.05, 3.63) is 35.0 Å². The summed E-state index contributed by atoms with van der Waals surface area (Å²) in [5.74, 6) is 1.00. The summed E-state index contributed by atoms with van der Waals surface area (Å²) < 4.78 is 18.9. The molecule has 1 unspecified atom stereocenters. The molecule has 0 N–H and O–H groups in total. The number of fused-ring (bicyclic) bond motifs is 7. The zero-order valence-corrected chi connectivity index (χ0v) is 24.9. The van der Waals surface area contributed by atoms with Crippen LogP contribution in [0.5, 0.6) is 0 Å². The smallest absolute Gasteiger partial charge is 0.230 e. The van der Waals surface area contributed by atoms with Crippen LogP contribution < -0.4 is 0 Å². The molecule has 3 saturated carbocycles. The molecule has 0 spiro atoms. The van der Waals surface area contributed by atoms with Gasteiger partial charge in [-0.25, -0.2) is 4.39 Å². The summed E-state index contributed by atoms with van der Waals surface area (Å²) in [7, 11) is 0. The fourth-order valence-electron chi connectivity index (χ4n) is 10.7. The van der Waals surface area contributed by atoms with Crippen LogP contribution in [0.25, 0.3) is 0 Å². The van der Waals surface area contributed by atoms with Gasteiger partial charge >= 0.3 is 0 Å². The Morgan fingerprint density at radius 2 is 1.77 bits per heavy atom. The maximum Gasteiger partial charge on any atom is 0.230 e. The standard InChI is InChI=1S/C33H42FN3O3/c1-29(2)14-20-19(21(15-29)28-36-25(16-34)37-40-28)8-10-33(7)26(20)22(38)12-24-31(5)13-18(17-35)27(39)30(3,4)23(31)9-11-32(24,33)6/h12-13,19-21,23,26H,8-11,14-16H2,1-7H3/t19?,20-,21-,23+,26+,31+,32-,33-/m1/s1. The zero-order chi connectivity index (χ0) is 29.0.